The fourth-order valence-corrected chi connectivity index (χ4v) is 4.53. The van der Waals surface area contributed by atoms with Crippen molar-refractivity contribution in [1.82, 2.24) is 10.3 Å². The van der Waals surface area contributed by atoms with Crippen molar-refractivity contribution in [1.29, 1.82) is 0 Å². The van der Waals surface area contributed by atoms with Gasteiger partial charge in [-0.3, -0.25) is 14.9 Å². The maximum Gasteiger partial charge on any atom is 0.280 e. The smallest absolute Gasteiger partial charge is 0.280 e. The molecule has 2 amide bonds. The van der Waals surface area contributed by atoms with Crippen molar-refractivity contribution in [3.8, 4) is 0 Å². The minimum Gasteiger partial charge on any atom is -0.392 e. The summed E-state index contributed by atoms with van der Waals surface area (Å²) in [6, 6.07) is 5.89. The Morgan fingerprint density at radius 2 is 1.94 bits per heavy atom. The van der Waals surface area contributed by atoms with E-state index in [1.165, 1.54) is 35.6 Å². The lowest BCUT2D eigenvalue weighted by atomic mass is 10.1. The van der Waals surface area contributed by atoms with Crippen molar-refractivity contribution < 1.29 is 22.8 Å². The number of anilines is 1. The molecule has 1 heterocycles. The Morgan fingerprint density at radius 3 is 2.56 bits per heavy atom. The van der Waals surface area contributed by atoms with Crippen molar-refractivity contribution in [3.63, 3.8) is 0 Å². The Hall–Kier alpha value is -2.83. The Balaban J connectivity index is 1.75. The zero-order valence-electron chi connectivity index (χ0n) is 17.5. The van der Waals surface area contributed by atoms with Crippen LogP contribution < -0.4 is 16.4 Å². The number of carbonyl (C=O) groups excluding carboxylic acids is 2. The van der Waals surface area contributed by atoms with E-state index in [-0.39, 0.29) is 23.3 Å². The summed E-state index contributed by atoms with van der Waals surface area (Å²) < 4.78 is 23.5. The molecule has 0 saturated heterocycles. The van der Waals surface area contributed by atoms with Gasteiger partial charge in [-0.05, 0) is 37.8 Å². The standard InChI is InChI=1S/C20H25N5O5S2/c1-32(28,29)16-8-6-13(7-9-16)18(25-30-14-4-2-3-5-14)19(27)24-20-23-11-15(31-20)10-22-12-17(21)26/h6-9,11,14,22H,2-5,10,12H2,1H3,(H2,21,26)(H,23,24,27)/b25-18+. The van der Waals surface area contributed by atoms with Crippen LogP contribution in [0.15, 0.2) is 40.5 Å². The van der Waals surface area contributed by atoms with Crippen LogP contribution in [0.2, 0.25) is 0 Å². The van der Waals surface area contributed by atoms with Crippen LogP contribution >= 0.6 is 11.3 Å². The minimum atomic E-state index is -3.36. The van der Waals surface area contributed by atoms with Gasteiger partial charge in [-0.2, -0.15) is 0 Å². The molecule has 0 aliphatic heterocycles. The van der Waals surface area contributed by atoms with Gasteiger partial charge >= 0.3 is 0 Å². The number of sulfone groups is 1. The topological polar surface area (TPSA) is 153 Å². The fourth-order valence-electron chi connectivity index (χ4n) is 3.12. The zero-order valence-corrected chi connectivity index (χ0v) is 19.2. The number of rotatable bonds is 10. The molecular formula is C20H25N5O5S2. The molecule has 10 nitrogen and oxygen atoms in total. The molecule has 172 valence electrons. The van der Waals surface area contributed by atoms with E-state index in [2.05, 4.69) is 20.8 Å². The molecule has 32 heavy (non-hydrogen) atoms. The van der Waals surface area contributed by atoms with E-state index < -0.39 is 21.7 Å². The normalized spacial score (nSPS) is 15.0. The van der Waals surface area contributed by atoms with E-state index in [1.54, 1.807) is 6.20 Å². The molecule has 0 bridgehead atoms. The highest BCUT2D eigenvalue weighted by molar-refractivity contribution is 7.90. The van der Waals surface area contributed by atoms with Gasteiger partial charge in [0.25, 0.3) is 5.91 Å². The predicted molar refractivity (Wildman–Crippen MR) is 121 cm³/mol. The van der Waals surface area contributed by atoms with Crippen LogP contribution in [0.5, 0.6) is 0 Å². The first-order valence-electron chi connectivity index (χ1n) is 10.0. The molecule has 1 fully saturated rings. The van der Waals surface area contributed by atoms with Crippen LogP contribution in [0, 0.1) is 0 Å². The Labute approximate surface area is 190 Å². The highest BCUT2D eigenvalue weighted by Gasteiger charge is 2.21. The summed E-state index contributed by atoms with van der Waals surface area (Å²) in [7, 11) is -3.36. The molecule has 0 unspecified atom stereocenters. The van der Waals surface area contributed by atoms with E-state index in [9.17, 15) is 18.0 Å². The zero-order chi connectivity index (χ0) is 23.1. The molecule has 0 spiro atoms. The summed E-state index contributed by atoms with van der Waals surface area (Å²) in [5.74, 6) is -0.992. The van der Waals surface area contributed by atoms with Crippen LogP contribution in [0.3, 0.4) is 0 Å². The lowest BCUT2D eigenvalue weighted by molar-refractivity contribution is -0.117. The Kier molecular flexibility index (Phi) is 7.94. The largest absolute Gasteiger partial charge is 0.392 e. The summed E-state index contributed by atoms with van der Waals surface area (Å²) in [5.41, 5.74) is 5.55. The van der Waals surface area contributed by atoms with Gasteiger partial charge in [0.05, 0.1) is 11.4 Å². The molecular weight excluding hydrogens is 454 g/mol. The lowest BCUT2D eigenvalue weighted by Crippen LogP contribution is -2.27. The number of nitrogens with zero attached hydrogens (tertiary/aromatic N) is 2. The van der Waals surface area contributed by atoms with Crippen molar-refractivity contribution >= 4 is 43.8 Å². The number of nitrogens with two attached hydrogens (primary N) is 1. The quantitative estimate of drug-likeness (QED) is 0.344. The maximum absolute atomic E-state index is 13.0. The van der Waals surface area contributed by atoms with Gasteiger partial charge < -0.3 is 15.9 Å². The van der Waals surface area contributed by atoms with Crippen molar-refractivity contribution in [2.45, 2.75) is 43.2 Å². The third kappa shape index (κ3) is 6.84. The van der Waals surface area contributed by atoms with E-state index in [4.69, 9.17) is 10.6 Å². The second-order valence-corrected chi connectivity index (χ2v) is 10.5. The number of nitrogens with one attached hydrogen (secondary N) is 2. The number of oxime groups is 1. The van der Waals surface area contributed by atoms with Crippen LogP contribution in [0.4, 0.5) is 5.13 Å². The summed E-state index contributed by atoms with van der Waals surface area (Å²) in [5, 5.41) is 10.0. The third-order valence-corrected chi connectivity index (χ3v) is 6.78. The van der Waals surface area contributed by atoms with E-state index >= 15 is 0 Å². The van der Waals surface area contributed by atoms with Gasteiger partial charge in [-0.1, -0.05) is 17.3 Å². The second kappa shape index (κ2) is 10.7. The predicted octanol–water partition coefficient (Wildman–Crippen LogP) is 1.42. The third-order valence-electron chi connectivity index (χ3n) is 4.74. The van der Waals surface area contributed by atoms with Crippen LogP contribution in [0.25, 0.3) is 0 Å². The average Bonchev–Trinajstić information content (AvgIpc) is 3.40. The van der Waals surface area contributed by atoms with Crippen molar-refractivity contribution in [3.05, 3.63) is 40.9 Å². The molecule has 1 aliphatic rings. The van der Waals surface area contributed by atoms with E-state index in [0.717, 1.165) is 36.8 Å². The number of amides is 2. The van der Waals surface area contributed by atoms with Crippen LogP contribution in [-0.4, -0.2) is 49.8 Å². The molecule has 0 radical (unpaired) electrons. The summed E-state index contributed by atoms with van der Waals surface area (Å²) >= 11 is 1.24. The Bertz CT molecular complexity index is 1090. The average molecular weight is 480 g/mol. The molecule has 3 rings (SSSR count). The van der Waals surface area contributed by atoms with Gasteiger partial charge in [0, 0.05) is 29.4 Å². The lowest BCUT2D eigenvalue weighted by Gasteiger charge is -2.10. The molecule has 1 saturated carbocycles. The summed E-state index contributed by atoms with van der Waals surface area (Å²) in [4.78, 5) is 34.5. The van der Waals surface area contributed by atoms with Crippen LogP contribution in [-0.2, 0) is 30.8 Å². The number of thiazole rings is 1. The summed E-state index contributed by atoms with van der Waals surface area (Å²) in [6.07, 6.45) is 6.51. The first kappa shape index (κ1) is 23.8. The van der Waals surface area contributed by atoms with E-state index in [0.29, 0.717) is 17.2 Å². The molecule has 12 heteroatoms. The van der Waals surface area contributed by atoms with Crippen molar-refractivity contribution in [2.24, 2.45) is 10.9 Å². The second-order valence-electron chi connectivity index (χ2n) is 7.40. The number of aromatic nitrogens is 1. The molecule has 2 aromatic rings. The highest BCUT2D eigenvalue weighted by Crippen LogP contribution is 2.22. The maximum atomic E-state index is 13.0. The van der Waals surface area contributed by atoms with E-state index in [1.807, 2.05) is 0 Å². The van der Waals surface area contributed by atoms with Gasteiger partial charge in [0.15, 0.2) is 20.7 Å². The van der Waals surface area contributed by atoms with Gasteiger partial charge in [-0.25, -0.2) is 13.4 Å². The molecule has 0 atom stereocenters. The number of benzene rings is 1. The van der Waals surface area contributed by atoms with Gasteiger partial charge in [0.1, 0.15) is 6.10 Å². The highest BCUT2D eigenvalue weighted by atomic mass is 32.2. The molecule has 1 aromatic heterocycles. The SMILES string of the molecule is CS(=O)(=O)c1ccc(/C(=N\OC2CCCC2)C(=O)Nc2ncc(CNCC(N)=O)s2)cc1. The molecule has 4 N–H and O–H groups in total. The summed E-state index contributed by atoms with van der Waals surface area (Å²) in [6.45, 7) is 0.424. The molecule has 1 aliphatic carbocycles. The van der Waals surface area contributed by atoms with Crippen molar-refractivity contribution in [2.75, 3.05) is 18.1 Å². The number of primary amides is 1. The monoisotopic (exact) mass is 479 g/mol. The number of carbonyl (C=O) groups is 2. The minimum absolute atomic E-state index is 0.0283. The van der Waals surface area contributed by atoms with Crippen LogP contribution in [0.1, 0.15) is 36.1 Å². The first-order chi connectivity index (χ1) is 15.2. The number of hydrogen-bond donors (Lipinski definition) is 3. The van der Waals surface area contributed by atoms with Gasteiger partial charge in [0.2, 0.25) is 5.91 Å². The van der Waals surface area contributed by atoms with Gasteiger partial charge in [-0.15, -0.1) is 11.3 Å². The first-order valence-corrected chi connectivity index (χ1v) is 12.7. The molecule has 1 aromatic carbocycles. The Morgan fingerprint density at radius 1 is 1.25 bits per heavy atom. The number of hydrogen-bond acceptors (Lipinski definition) is 9. The fraction of sp³-hybridized carbons (Fsp3) is 0.400.